The molecule has 0 aliphatic heterocycles. The summed E-state index contributed by atoms with van der Waals surface area (Å²) in [5, 5.41) is 6.33. The van der Waals surface area contributed by atoms with Gasteiger partial charge in [-0.15, -0.1) is 0 Å². The summed E-state index contributed by atoms with van der Waals surface area (Å²) in [6.45, 7) is 0.296. The lowest BCUT2D eigenvalue weighted by atomic mass is 10.0. The maximum atomic E-state index is 12.6. The number of anilines is 1. The van der Waals surface area contributed by atoms with Crippen LogP contribution in [0.25, 0.3) is 0 Å². The van der Waals surface area contributed by atoms with Crippen molar-refractivity contribution in [2.24, 2.45) is 5.41 Å². The molecular formula is C19H18Cl2N2O3. The van der Waals surface area contributed by atoms with Gasteiger partial charge in [-0.05, 0) is 37.1 Å². The largest absolute Gasteiger partial charge is 0.496 e. The SMILES string of the molecule is COc1ccccc1CNC(=O)C1(C(=O)Nc2ccc(Cl)c(Cl)c2)CC1. The highest BCUT2D eigenvalue weighted by Crippen LogP contribution is 2.47. The number of methoxy groups -OCH3 is 1. The summed E-state index contributed by atoms with van der Waals surface area (Å²) in [6, 6.07) is 12.2. The first-order valence-corrected chi connectivity index (χ1v) is 8.88. The summed E-state index contributed by atoms with van der Waals surface area (Å²) in [7, 11) is 1.58. The number of rotatable bonds is 6. The van der Waals surface area contributed by atoms with Crippen molar-refractivity contribution in [3.8, 4) is 5.75 Å². The van der Waals surface area contributed by atoms with E-state index >= 15 is 0 Å². The smallest absolute Gasteiger partial charge is 0.240 e. The van der Waals surface area contributed by atoms with Crippen molar-refractivity contribution < 1.29 is 14.3 Å². The third-order valence-corrected chi connectivity index (χ3v) is 5.17. The molecule has 1 fully saturated rings. The highest BCUT2D eigenvalue weighted by molar-refractivity contribution is 6.42. The minimum absolute atomic E-state index is 0.291. The molecule has 0 heterocycles. The second-order valence-corrected chi connectivity index (χ2v) is 6.97. The highest BCUT2D eigenvalue weighted by Gasteiger charge is 2.56. The van der Waals surface area contributed by atoms with E-state index in [0.29, 0.717) is 40.9 Å². The highest BCUT2D eigenvalue weighted by atomic mass is 35.5. The van der Waals surface area contributed by atoms with E-state index in [1.54, 1.807) is 25.3 Å². The van der Waals surface area contributed by atoms with Gasteiger partial charge < -0.3 is 15.4 Å². The van der Waals surface area contributed by atoms with Gasteiger partial charge in [0.2, 0.25) is 11.8 Å². The number of para-hydroxylation sites is 1. The number of amides is 2. The van der Waals surface area contributed by atoms with Crippen molar-refractivity contribution in [2.45, 2.75) is 19.4 Å². The molecule has 0 radical (unpaired) electrons. The van der Waals surface area contributed by atoms with Gasteiger partial charge in [-0.3, -0.25) is 9.59 Å². The van der Waals surface area contributed by atoms with Crippen LogP contribution in [-0.4, -0.2) is 18.9 Å². The third-order valence-electron chi connectivity index (χ3n) is 4.43. The fourth-order valence-corrected chi connectivity index (χ4v) is 3.00. The first-order valence-electron chi connectivity index (χ1n) is 8.13. The first kappa shape index (κ1) is 18.5. The average Bonchev–Trinajstić information content (AvgIpc) is 3.45. The van der Waals surface area contributed by atoms with E-state index in [-0.39, 0.29) is 11.8 Å². The van der Waals surface area contributed by atoms with E-state index in [4.69, 9.17) is 27.9 Å². The van der Waals surface area contributed by atoms with Gasteiger partial charge in [0.15, 0.2) is 0 Å². The van der Waals surface area contributed by atoms with Crippen LogP contribution in [0.2, 0.25) is 10.0 Å². The lowest BCUT2D eigenvalue weighted by Crippen LogP contribution is -2.39. The summed E-state index contributed by atoms with van der Waals surface area (Å²) in [5.74, 6) is 0.0623. The van der Waals surface area contributed by atoms with E-state index in [9.17, 15) is 9.59 Å². The molecule has 26 heavy (non-hydrogen) atoms. The minimum atomic E-state index is -1.03. The molecule has 0 unspecified atom stereocenters. The fraction of sp³-hybridized carbons (Fsp3) is 0.263. The minimum Gasteiger partial charge on any atom is -0.496 e. The molecule has 1 saturated carbocycles. The molecule has 1 aliphatic carbocycles. The molecule has 2 aromatic rings. The lowest BCUT2D eigenvalue weighted by Gasteiger charge is -2.16. The summed E-state index contributed by atoms with van der Waals surface area (Å²) in [5.41, 5.74) is 0.325. The maximum Gasteiger partial charge on any atom is 0.240 e. The van der Waals surface area contributed by atoms with E-state index in [1.807, 2.05) is 24.3 Å². The number of hydrogen-bond acceptors (Lipinski definition) is 3. The van der Waals surface area contributed by atoms with E-state index in [1.165, 1.54) is 0 Å². The summed E-state index contributed by atoms with van der Waals surface area (Å²) < 4.78 is 5.27. The molecule has 0 atom stereocenters. The summed E-state index contributed by atoms with van der Waals surface area (Å²) in [4.78, 5) is 25.2. The van der Waals surface area contributed by atoms with Crippen LogP contribution in [0.4, 0.5) is 5.69 Å². The van der Waals surface area contributed by atoms with Crippen LogP contribution in [0, 0.1) is 5.41 Å². The average molecular weight is 393 g/mol. The molecule has 136 valence electrons. The monoisotopic (exact) mass is 392 g/mol. The predicted octanol–water partition coefficient (Wildman–Crippen LogP) is 4.04. The Labute approximate surface area is 161 Å². The van der Waals surface area contributed by atoms with Crippen molar-refractivity contribution in [1.82, 2.24) is 5.32 Å². The Morgan fingerprint density at radius 2 is 1.81 bits per heavy atom. The first-order chi connectivity index (χ1) is 12.5. The number of halogens is 2. The molecule has 7 heteroatoms. The zero-order valence-electron chi connectivity index (χ0n) is 14.1. The van der Waals surface area contributed by atoms with Gasteiger partial charge >= 0.3 is 0 Å². The van der Waals surface area contributed by atoms with Crippen molar-refractivity contribution >= 4 is 40.7 Å². The molecule has 2 aromatic carbocycles. The van der Waals surface area contributed by atoms with Crippen LogP contribution < -0.4 is 15.4 Å². The van der Waals surface area contributed by atoms with E-state index in [0.717, 1.165) is 5.56 Å². The van der Waals surface area contributed by atoms with Crippen molar-refractivity contribution in [3.63, 3.8) is 0 Å². The number of carbonyl (C=O) groups excluding carboxylic acids is 2. The number of benzene rings is 2. The van der Waals surface area contributed by atoms with Crippen molar-refractivity contribution in [3.05, 3.63) is 58.1 Å². The van der Waals surface area contributed by atoms with Gasteiger partial charge in [0.25, 0.3) is 0 Å². The van der Waals surface area contributed by atoms with E-state index in [2.05, 4.69) is 10.6 Å². The van der Waals surface area contributed by atoms with Crippen LogP contribution in [-0.2, 0) is 16.1 Å². The number of ether oxygens (including phenoxy) is 1. The van der Waals surface area contributed by atoms with Gasteiger partial charge in [-0.25, -0.2) is 0 Å². The number of carbonyl (C=O) groups is 2. The third kappa shape index (κ3) is 3.79. The molecule has 2 N–H and O–H groups in total. The molecule has 0 spiro atoms. The Kier molecular flexibility index (Phi) is 5.39. The maximum absolute atomic E-state index is 12.6. The second kappa shape index (κ2) is 7.56. The Bertz CT molecular complexity index is 850. The lowest BCUT2D eigenvalue weighted by molar-refractivity contribution is -0.134. The van der Waals surface area contributed by atoms with Crippen molar-refractivity contribution in [2.75, 3.05) is 12.4 Å². The van der Waals surface area contributed by atoms with Crippen LogP contribution in [0.5, 0.6) is 5.75 Å². The summed E-state index contributed by atoms with van der Waals surface area (Å²) in [6.07, 6.45) is 1.02. The molecule has 3 rings (SSSR count). The van der Waals surface area contributed by atoms with Gasteiger partial charge in [-0.2, -0.15) is 0 Å². The molecular weight excluding hydrogens is 375 g/mol. The molecule has 0 saturated heterocycles. The molecule has 0 aromatic heterocycles. The fourth-order valence-electron chi connectivity index (χ4n) is 2.70. The Morgan fingerprint density at radius 1 is 1.08 bits per heavy atom. The van der Waals surface area contributed by atoms with Crippen LogP contribution in [0.15, 0.2) is 42.5 Å². The molecule has 5 nitrogen and oxygen atoms in total. The van der Waals surface area contributed by atoms with Crippen molar-refractivity contribution in [1.29, 1.82) is 0 Å². The molecule has 0 bridgehead atoms. The Balaban J connectivity index is 1.64. The Hall–Kier alpha value is -2.24. The van der Waals surface area contributed by atoms with Crippen LogP contribution in [0.1, 0.15) is 18.4 Å². The van der Waals surface area contributed by atoms with Gasteiger partial charge in [-0.1, -0.05) is 41.4 Å². The molecule has 1 aliphatic rings. The normalized spacial score (nSPS) is 14.4. The molecule has 2 amide bonds. The van der Waals surface area contributed by atoms with Crippen LogP contribution >= 0.6 is 23.2 Å². The van der Waals surface area contributed by atoms with Gasteiger partial charge in [0.1, 0.15) is 11.2 Å². The Morgan fingerprint density at radius 3 is 2.46 bits per heavy atom. The van der Waals surface area contributed by atoms with Gasteiger partial charge in [0.05, 0.1) is 17.2 Å². The second-order valence-electron chi connectivity index (χ2n) is 6.16. The standard InChI is InChI=1S/C19H18Cl2N2O3/c1-26-16-5-3-2-4-12(16)11-22-17(24)19(8-9-19)18(25)23-13-6-7-14(20)15(21)10-13/h2-7,10H,8-9,11H2,1H3,(H,22,24)(H,23,25). The number of hydrogen-bond donors (Lipinski definition) is 2. The zero-order valence-corrected chi connectivity index (χ0v) is 15.7. The topological polar surface area (TPSA) is 67.4 Å². The zero-order chi connectivity index (χ0) is 18.7. The van der Waals surface area contributed by atoms with Crippen LogP contribution in [0.3, 0.4) is 0 Å². The van der Waals surface area contributed by atoms with Gasteiger partial charge in [0, 0.05) is 17.8 Å². The predicted molar refractivity (Wildman–Crippen MR) is 102 cm³/mol. The number of nitrogens with one attached hydrogen (secondary N) is 2. The van der Waals surface area contributed by atoms with E-state index < -0.39 is 5.41 Å². The summed E-state index contributed by atoms with van der Waals surface area (Å²) >= 11 is 11.8. The quantitative estimate of drug-likeness (QED) is 0.728.